The molecule has 0 radical (unpaired) electrons. The van der Waals surface area contributed by atoms with Crippen LogP contribution in [0.4, 0.5) is 0 Å². The lowest BCUT2D eigenvalue weighted by Gasteiger charge is -2.13. The van der Waals surface area contributed by atoms with Crippen LogP contribution in [0, 0.1) is 3.57 Å². The van der Waals surface area contributed by atoms with E-state index in [0.29, 0.717) is 35.6 Å². The van der Waals surface area contributed by atoms with Crippen molar-refractivity contribution in [1.29, 1.82) is 0 Å². The van der Waals surface area contributed by atoms with E-state index in [2.05, 4.69) is 32.9 Å². The molecule has 1 aromatic heterocycles. The number of nitrogens with one attached hydrogen (secondary N) is 1. The Morgan fingerprint density at radius 2 is 1.75 bits per heavy atom. The SMILES string of the molecule is NS(=O)(=O)c1ccc(CCNC(=O)CSc2nc3ccc(I)cc3c(=O)n2Cc2ccccc2)cc1. The van der Waals surface area contributed by atoms with Gasteiger partial charge in [-0.05, 0) is 70.5 Å². The van der Waals surface area contributed by atoms with Crippen LogP contribution in [-0.4, -0.2) is 36.2 Å². The molecule has 0 bridgehead atoms. The molecule has 0 fully saturated rings. The first-order valence-corrected chi connectivity index (χ1v) is 14.6. The maximum atomic E-state index is 13.3. The van der Waals surface area contributed by atoms with Crippen molar-refractivity contribution in [2.24, 2.45) is 5.14 Å². The van der Waals surface area contributed by atoms with Gasteiger partial charge in [0.1, 0.15) is 0 Å². The minimum absolute atomic E-state index is 0.0471. The van der Waals surface area contributed by atoms with E-state index in [1.54, 1.807) is 16.7 Å². The van der Waals surface area contributed by atoms with Crippen molar-refractivity contribution < 1.29 is 13.2 Å². The lowest BCUT2D eigenvalue weighted by atomic mass is 10.1. The molecule has 0 aliphatic rings. The number of nitrogens with two attached hydrogens (primary N) is 1. The summed E-state index contributed by atoms with van der Waals surface area (Å²) in [6.45, 7) is 0.737. The van der Waals surface area contributed by atoms with Crippen LogP contribution in [0.25, 0.3) is 10.9 Å². The van der Waals surface area contributed by atoms with Gasteiger partial charge in [-0.3, -0.25) is 14.2 Å². The van der Waals surface area contributed by atoms with Crippen LogP contribution in [0.1, 0.15) is 11.1 Å². The Hall–Kier alpha value is -2.74. The monoisotopic (exact) mass is 634 g/mol. The minimum atomic E-state index is -3.73. The topological polar surface area (TPSA) is 124 Å². The molecule has 0 unspecified atom stereocenters. The lowest BCUT2D eigenvalue weighted by Crippen LogP contribution is -2.28. The van der Waals surface area contributed by atoms with Crippen molar-refractivity contribution in [1.82, 2.24) is 14.9 Å². The third-order valence-corrected chi connectivity index (χ3v) is 7.96. The molecule has 1 heterocycles. The normalized spacial score (nSPS) is 11.5. The second kappa shape index (κ2) is 11.5. The molecule has 4 rings (SSSR count). The zero-order chi connectivity index (χ0) is 25.7. The zero-order valence-electron chi connectivity index (χ0n) is 19.1. The number of thioether (sulfide) groups is 1. The summed E-state index contributed by atoms with van der Waals surface area (Å²) in [5.41, 5.74) is 2.29. The standard InChI is InChI=1S/C25H23IN4O4S2/c26-19-8-11-22-21(14-19)24(32)30(15-18-4-2-1-3-5-18)25(29-22)35-16-23(31)28-13-12-17-6-9-20(10-7-17)36(27,33)34/h1-11,14H,12-13,15-16H2,(H,28,31)(H2,27,33,34). The molecule has 0 saturated heterocycles. The van der Waals surface area contributed by atoms with Crippen LogP contribution < -0.4 is 16.0 Å². The van der Waals surface area contributed by atoms with Crippen molar-refractivity contribution >= 4 is 61.2 Å². The number of fused-ring (bicyclic) bond motifs is 1. The number of benzene rings is 3. The molecule has 0 saturated carbocycles. The van der Waals surface area contributed by atoms with Crippen LogP contribution in [0.15, 0.2) is 87.6 Å². The number of primary sulfonamides is 1. The van der Waals surface area contributed by atoms with Gasteiger partial charge in [0.05, 0.1) is 28.1 Å². The summed E-state index contributed by atoms with van der Waals surface area (Å²) in [7, 11) is -3.73. The second-order valence-electron chi connectivity index (χ2n) is 8.01. The van der Waals surface area contributed by atoms with Gasteiger partial charge in [0.25, 0.3) is 5.56 Å². The van der Waals surface area contributed by atoms with Crippen molar-refractivity contribution in [3.63, 3.8) is 0 Å². The molecule has 0 atom stereocenters. The van der Waals surface area contributed by atoms with E-state index in [4.69, 9.17) is 5.14 Å². The van der Waals surface area contributed by atoms with Gasteiger partial charge in [-0.1, -0.05) is 54.2 Å². The van der Waals surface area contributed by atoms with E-state index < -0.39 is 10.0 Å². The molecule has 36 heavy (non-hydrogen) atoms. The van der Waals surface area contributed by atoms with Gasteiger partial charge < -0.3 is 5.32 Å². The number of amides is 1. The molecular weight excluding hydrogens is 611 g/mol. The smallest absolute Gasteiger partial charge is 0.262 e. The summed E-state index contributed by atoms with van der Waals surface area (Å²) in [4.78, 5) is 30.6. The molecule has 0 aliphatic heterocycles. The zero-order valence-corrected chi connectivity index (χ0v) is 22.8. The quantitative estimate of drug-likeness (QED) is 0.166. The highest BCUT2D eigenvalue weighted by Gasteiger charge is 2.14. The number of sulfonamides is 1. The molecular formula is C25H23IN4O4S2. The Labute approximate surface area is 226 Å². The van der Waals surface area contributed by atoms with Crippen LogP contribution in [0.3, 0.4) is 0 Å². The first-order valence-electron chi connectivity index (χ1n) is 11.0. The summed E-state index contributed by atoms with van der Waals surface area (Å²) >= 11 is 3.39. The van der Waals surface area contributed by atoms with Gasteiger partial charge in [-0.2, -0.15) is 0 Å². The summed E-state index contributed by atoms with van der Waals surface area (Å²) in [5.74, 6) is -0.0917. The molecule has 0 spiro atoms. The van der Waals surface area contributed by atoms with Crippen LogP contribution in [0.5, 0.6) is 0 Å². The average molecular weight is 635 g/mol. The van der Waals surface area contributed by atoms with Gasteiger partial charge in [0.15, 0.2) is 5.16 Å². The Morgan fingerprint density at radius 3 is 2.44 bits per heavy atom. The second-order valence-corrected chi connectivity index (χ2v) is 11.8. The first-order chi connectivity index (χ1) is 17.2. The molecule has 3 aromatic carbocycles. The number of rotatable bonds is 9. The molecule has 0 aliphatic carbocycles. The number of aromatic nitrogens is 2. The lowest BCUT2D eigenvalue weighted by molar-refractivity contribution is -0.118. The third kappa shape index (κ3) is 6.72. The van der Waals surface area contributed by atoms with Crippen molar-refractivity contribution in [3.05, 3.63) is 97.8 Å². The number of carbonyl (C=O) groups excluding carboxylic acids is 1. The molecule has 1 amide bonds. The first kappa shape index (κ1) is 26.3. The number of hydrogen-bond donors (Lipinski definition) is 2. The Morgan fingerprint density at radius 1 is 1.03 bits per heavy atom. The van der Waals surface area contributed by atoms with E-state index in [9.17, 15) is 18.0 Å². The van der Waals surface area contributed by atoms with Gasteiger partial charge in [0, 0.05) is 10.1 Å². The largest absolute Gasteiger partial charge is 0.355 e. The van der Waals surface area contributed by atoms with Gasteiger partial charge in [0.2, 0.25) is 15.9 Å². The summed E-state index contributed by atoms with van der Waals surface area (Å²) < 4.78 is 25.3. The number of nitrogens with zero attached hydrogens (tertiary/aromatic N) is 2. The molecule has 3 N–H and O–H groups in total. The highest BCUT2D eigenvalue weighted by atomic mass is 127. The fourth-order valence-electron chi connectivity index (χ4n) is 3.56. The van der Waals surface area contributed by atoms with Crippen molar-refractivity contribution in [2.45, 2.75) is 23.0 Å². The van der Waals surface area contributed by atoms with E-state index in [1.807, 2.05) is 48.5 Å². The summed E-state index contributed by atoms with van der Waals surface area (Å²) in [5, 5.41) is 8.99. The molecule has 4 aromatic rings. The highest BCUT2D eigenvalue weighted by Crippen LogP contribution is 2.20. The predicted octanol–water partition coefficient (Wildman–Crippen LogP) is 3.15. The predicted molar refractivity (Wildman–Crippen MR) is 150 cm³/mol. The molecule has 8 nitrogen and oxygen atoms in total. The third-order valence-electron chi connectivity index (χ3n) is 5.38. The Balaban J connectivity index is 1.44. The molecule has 11 heteroatoms. The maximum absolute atomic E-state index is 13.3. The number of hydrogen-bond acceptors (Lipinski definition) is 6. The minimum Gasteiger partial charge on any atom is -0.355 e. The van der Waals surface area contributed by atoms with E-state index in [1.165, 1.54) is 23.9 Å². The summed E-state index contributed by atoms with van der Waals surface area (Å²) in [6, 6.07) is 21.4. The average Bonchev–Trinajstić information content (AvgIpc) is 2.85. The number of carbonyl (C=O) groups is 1. The van der Waals surface area contributed by atoms with E-state index in [-0.39, 0.29) is 22.1 Å². The number of halogens is 1. The van der Waals surface area contributed by atoms with E-state index in [0.717, 1.165) is 14.7 Å². The van der Waals surface area contributed by atoms with Crippen LogP contribution in [-0.2, 0) is 27.8 Å². The fraction of sp³-hybridized carbons (Fsp3) is 0.160. The van der Waals surface area contributed by atoms with Crippen LogP contribution >= 0.6 is 34.4 Å². The van der Waals surface area contributed by atoms with Crippen LogP contribution in [0.2, 0.25) is 0 Å². The van der Waals surface area contributed by atoms with Gasteiger partial charge in [-0.25, -0.2) is 18.5 Å². The van der Waals surface area contributed by atoms with Gasteiger partial charge in [-0.15, -0.1) is 0 Å². The maximum Gasteiger partial charge on any atom is 0.262 e. The van der Waals surface area contributed by atoms with E-state index >= 15 is 0 Å². The fourth-order valence-corrected chi connectivity index (χ4v) is 5.40. The summed E-state index contributed by atoms with van der Waals surface area (Å²) in [6.07, 6.45) is 0.535. The molecule has 186 valence electrons. The van der Waals surface area contributed by atoms with Crippen molar-refractivity contribution in [2.75, 3.05) is 12.3 Å². The Kier molecular flexibility index (Phi) is 8.44. The highest BCUT2D eigenvalue weighted by molar-refractivity contribution is 14.1. The van der Waals surface area contributed by atoms with Crippen molar-refractivity contribution in [3.8, 4) is 0 Å². The van der Waals surface area contributed by atoms with Gasteiger partial charge >= 0.3 is 0 Å². The Bertz CT molecular complexity index is 1560.